The van der Waals surface area contributed by atoms with Gasteiger partial charge in [-0.1, -0.05) is 50.3 Å². The van der Waals surface area contributed by atoms with Gasteiger partial charge in [-0.25, -0.2) is 0 Å². The molecule has 2 aliphatic rings. The molecule has 90 valence electrons. The van der Waals surface area contributed by atoms with Crippen LogP contribution in [0.2, 0.25) is 0 Å². The Hall–Kier alpha value is -0.890. The summed E-state index contributed by atoms with van der Waals surface area (Å²) in [7, 11) is 0. The molecule has 0 aromatic heterocycles. The Morgan fingerprint density at radius 1 is 1.29 bits per heavy atom. The summed E-state index contributed by atoms with van der Waals surface area (Å²) in [4.78, 5) is 3.64. The lowest BCUT2D eigenvalue weighted by Crippen LogP contribution is -2.32. The van der Waals surface area contributed by atoms with Crippen molar-refractivity contribution in [3.05, 3.63) is 35.4 Å². The molecular weight excluding hydrogens is 226 g/mol. The summed E-state index contributed by atoms with van der Waals surface area (Å²) in [5.41, 5.74) is 3.24. The monoisotopic (exact) mass is 245 g/mol. The van der Waals surface area contributed by atoms with Crippen molar-refractivity contribution in [2.24, 2.45) is 5.41 Å². The molecule has 1 aromatic carbocycles. The Labute approximate surface area is 109 Å². The van der Waals surface area contributed by atoms with Gasteiger partial charge in [0.25, 0.3) is 0 Å². The first-order chi connectivity index (χ1) is 8.09. The van der Waals surface area contributed by atoms with Crippen LogP contribution in [-0.4, -0.2) is 16.4 Å². The zero-order chi connectivity index (χ0) is 12.0. The third kappa shape index (κ3) is 1.70. The molecule has 1 atom stereocenters. The number of rotatable bonds is 1. The number of aryl methyl sites for hydroxylation is 1. The third-order valence-corrected chi connectivity index (χ3v) is 5.08. The van der Waals surface area contributed by atoms with Crippen molar-refractivity contribution in [3.8, 4) is 0 Å². The zero-order valence-corrected chi connectivity index (χ0v) is 11.4. The van der Waals surface area contributed by atoms with Crippen molar-refractivity contribution in [1.82, 2.24) is 4.90 Å². The Morgan fingerprint density at radius 3 is 2.76 bits per heavy atom. The largest absolute Gasteiger partial charge is 0.359 e. The fraction of sp³-hybridized carbons (Fsp3) is 0.533. The van der Waals surface area contributed by atoms with Gasteiger partial charge in [0.2, 0.25) is 0 Å². The van der Waals surface area contributed by atoms with Crippen molar-refractivity contribution in [2.75, 3.05) is 6.54 Å². The first kappa shape index (κ1) is 11.2. The molecule has 0 radical (unpaired) electrons. The fourth-order valence-electron chi connectivity index (χ4n) is 3.15. The molecular formula is C15H19NS. The van der Waals surface area contributed by atoms with E-state index in [1.165, 1.54) is 35.4 Å². The average Bonchev–Trinajstić information content (AvgIpc) is 2.83. The van der Waals surface area contributed by atoms with Gasteiger partial charge >= 0.3 is 0 Å². The van der Waals surface area contributed by atoms with Crippen LogP contribution in [0.5, 0.6) is 0 Å². The van der Waals surface area contributed by atoms with E-state index in [1.807, 2.05) is 0 Å². The molecule has 17 heavy (non-hydrogen) atoms. The van der Waals surface area contributed by atoms with E-state index in [2.05, 4.69) is 43.0 Å². The fourth-order valence-corrected chi connectivity index (χ4v) is 3.47. The van der Waals surface area contributed by atoms with Gasteiger partial charge in [-0.3, -0.25) is 0 Å². The molecule has 3 rings (SSSR count). The molecule has 2 heteroatoms. The minimum atomic E-state index is 0.215. The van der Waals surface area contributed by atoms with Gasteiger partial charge in [0.1, 0.15) is 0 Å². The van der Waals surface area contributed by atoms with Gasteiger partial charge < -0.3 is 4.90 Å². The maximum atomic E-state index is 5.67. The molecule has 0 spiro atoms. The molecule has 1 aliphatic heterocycles. The highest BCUT2D eigenvalue weighted by molar-refractivity contribution is 7.80. The molecule has 1 aliphatic carbocycles. The predicted octanol–water partition coefficient (Wildman–Crippen LogP) is 3.73. The Morgan fingerprint density at radius 2 is 2.06 bits per heavy atom. The second-order valence-corrected chi connectivity index (χ2v) is 6.27. The van der Waals surface area contributed by atoms with Gasteiger partial charge in [0.15, 0.2) is 0 Å². The smallest absolute Gasteiger partial charge is 0.0842 e. The normalized spacial score (nSPS) is 26.4. The Kier molecular flexibility index (Phi) is 2.51. The lowest BCUT2D eigenvalue weighted by Gasteiger charge is -2.29. The molecule has 0 bridgehead atoms. The zero-order valence-electron chi connectivity index (χ0n) is 10.6. The number of likely N-dealkylation sites (tertiary alicyclic amines) is 1. The predicted molar refractivity (Wildman–Crippen MR) is 75.2 cm³/mol. The minimum absolute atomic E-state index is 0.215. The molecule has 0 N–H and O–H groups in total. The third-order valence-electron chi connectivity index (χ3n) is 4.29. The van der Waals surface area contributed by atoms with Crippen LogP contribution in [0.15, 0.2) is 24.3 Å². The number of fused-ring (bicyclic) bond motifs is 1. The van der Waals surface area contributed by atoms with Crippen molar-refractivity contribution in [3.63, 3.8) is 0 Å². The summed E-state index contributed by atoms with van der Waals surface area (Å²) >= 11 is 5.67. The van der Waals surface area contributed by atoms with Gasteiger partial charge in [-0.05, 0) is 30.4 Å². The second-order valence-electron chi connectivity index (χ2n) is 5.89. The van der Waals surface area contributed by atoms with E-state index in [0.29, 0.717) is 6.04 Å². The van der Waals surface area contributed by atoms with E-state index in [-0.39, 0.29) is 5.41 Å². The van der Waals surface area contributed by atoms with Crippen molar-refractivity contribution in [2.45, 2.75) is 39.2 Å². The number of benzene rings is 1. The van der Waals surface area contributed by atoms with Crippen LogP contribution in [0.1, 0.15) is 43.9 Å². The highest BCUT2D eigenvalue weighted by Crippen LogP contribution is 2.42. The summed E-state index contributed by atoms with van der Waals surface area (Å²) < 4.78 is 0. The Balaban J connectivity index is 1.91. The van der Waals surface area contributed by atoms with E-state index in [4.69, 9.17) is 12.2 Å². The molecule has 1 saturated heterocycles. The van der Waals surface area contributed by atoms with Crippen LogP contribution in [-0.2, 0) is 6.42 Å². The van der Waals surface area contributed by atoms with Crippen molar-refractivity contribution >= 4 is 17.2 Å². The maximum Gasteiger partial charge on any atom is 0.0842 e. The van der Waals surface area contributed by atoms with Gasteiger partial charge in [0, 0.05) is 12.0 Å². The summed E-state index contributed by atoms with van der Waals surface area (Å²) in [6.07, 6.45) is 3.64. The van der Waals surface area contributed by atoms with Gasteiger partial charge in [0.05, 0.1) is 11.0 Å². The molecule has 1 nitrogen and oxygen atoms in total. The summed E-state index contributed by atoms with van der Waals surface area (Å²) in [5.74, 6) is 0. The average molecular weight is 245 g/mol. The van der Waals surface area contributed by atoms with E-state index < -0.39 is 0 Å². The number of hydrogen-bond acceptors (Lipinski definition) is 1. The van der Waals surface area contributed by atoms with Crippen LogP contribution >= 0.6 is 12.2 Å². The quantitative estimate of drug-likeness (QED) is 0.694. The number of nitrogens with zero attached hydrogens (tertiary/aromatic N) is 1. The van der Waals surface area contributed by atoms with E-state index in [1.54, 1.807) is 0 Å². The lowest BCUT2D eigenvalue weighted by molar-refractivity contribution is 0.343. The van der Waals surface area contributed by atoms with Gasteiger partial charge in [-0.15, -0.1) is 0 Å². The van der Waals surface area contributed by atoms with Crippen LogP contribution in [0.3, 0.4) is 0 Å². The molecule has 1 aromatic rings. The Bertz CT molecular complexity index is 464. The highest BCUT2D eigenvalue weighted by Gasteiger charge is 2.40. The topological polar surface area (TPSA) is 3.24 Å². The van der Waals surface area contributed by atoms with E-state index >= 15 is 0 Å². The van der Waals surface area contributed by atoms with Crippen LogP contribution in [0.4, 0.5) is 0 Å². The molecule has 0 saturated carbocycles. The first-order valence-electron chi connectivity index (χ1n) is 6.48. The summed E-state index contributed by atoms with van der Waals surface area (Å²) in [6, 6.07) is 9.38. The SMILES string of the molecule is CC1(C)CCN(C2CCc3ccccc32)C1=S. The van der Waals surface area contributed by atoms with Crippen LogP contribution < -0.4 is 0 Å². The summed E-state index contributed by atoms with van der Waals surface area (Å²) in [6.45, 7) is 5.68. The second kappa shape index (κ2) is 3.81. The summed E-state index contributed by atoms with van der Waals surface area (Å²) in [5, 5.41) is 0. The molecule has 1 unspecified atom stereocenters. The molecule has 1 fully saturated rings. The van der Waals surface area contributed by atoms with E-state index in [9.17, 15) is 0 Å². The standard InChI is InChI=1S/C15H19NS/c1-15(2)9-10-16(14(15)17)13-8-7-11-5-3-4-6-12(11)13/h3-6,13H,7-10H2,1-2H3. The molecule has 1 heterocycles. The van der Waals surface area contributed by atoms with Crippen molar-refractivity contribution in [1.29, 1.82) is 0 Å². The number of thiocarbonyl (C=S) groups is 1. The maximum absolute atomic E-state index is 5.67. The van der Waals surface area contributed by atoms with E-state index in [0.717, 1.165) is 6.54 Å². The van der Waals surface area contributed by atoms with Gasteiger partial charge in [-0.2, -0.15) is 0 Å². The highest BCUT2D eigenvalue weighted by atomic mass is 32.1. The number of hydrogen-bond donors (Lipinski definition) is 0. The van der Waals surface area contributed by atoms with Crippen LogP contribution in [0.25, 0.3) is 0 Å². The lowest BCUT2D eigenvalue weighted by atomic mass is 9.93. The van der Waals surface area contributed by atoms with Crippen LogP contribution in [0, 0.1) is 5.41 Å². The minimum Gasteiger partial charge on any atom is -0.359 e. The van der Waals surface area contributed by atoms with Crippen molar-refractivity contribution < 1.29 is 0 Å². The molecule has 0 amide bonds. The first-order valence-corrected chi connectivity index (χ1v) is 6.89.